The van der Waals surface area contributed by atoms with Crippen LogP contribution in [-0.2, 0) is 16.8 Å². The topological polar surface area (TPSA) is 65.5 Å². The summed E-state index contributed by atoms with van der Waals surface area (Å²) in [6, 6.07) is 6.06. The largest absolute Gasteiger partial charge is 0.297 e. The van der Waals surface area contributed by atoms with E-state index in [0.717, 1.165) is 37.4 Å². The van der Waals surface area contributed by atoms with Crippen LogP contribution in [0, 0.1) is 12.8 Å². The van der Waals surface area contributed by atoms with Crippen LogP contribution in [0.3, 0.4) is 0 Å². The first-order valence-electron chi connectivity index (χ1n) is 7.76. The number of rotatable bonds is 7. The molecule has 1 unspecified atom stereocenters. The Kier molecular flexibility index (Phi) is 5.91. The van der Waals surface area contributed by atoms with Gasteiger partial charge in [-0.3, -0.25) is 9.88 Å². The lowest BCUT2D eigenvalue weighted by Crippen LogP contribution is -2.40. The van der Waals surface area contributed by atoms with Crippen molar-refractivity contribution in [2.45, 2.75) is 26.8 Å². The standard InChI is InChI=1S/C15H26N4O2S/c1-4-18(3)22(20,21)16-10-14-8-9-19(11-14)12-15-7-5-6-13(2)17-15/h5-7,14,16H,4,8-12H2,1-3H3. The molecule has 1 N–H and O–H groups in total. The van der Waals surface area contributed by atoms with Crippen molar-refractivity contribution in [3.8, 4) is 0 Å². The van der Waals surface area contributed by atoms with Gasteiger partial charge in [0.15, 0.2) is 0 Å². The highest BCUT2D eigenvalue weighted by Gasteiger charge is 2.25. The average molecular weight is 326 g/mol. The Labute approximate surface area is 133 Å². The zero-order valence-electron chi connectivity index (χ0n) is 13.6. The molecular weight excluding hydrogens is 300 g/mol. The fraction of sp³-hybridized carbons (Fsp3) is 0.667. The monoisotopic (exact) mass is 326 g/mol. The molecule has 1 aliphatic rings. The third kappa shape index (κ3) is 4.74. The summed E-state index contributed by atoms with van der Waals surface area (Å²) in [6.07, 6.45) is 1.02. The molecule has 124 valence electrons. The van der Waals surface area contributed by atoms with Crippen molar-refractivity contribution in [1.29, 1.82) is 0 Å². The zero-order chi connectivity index (χ0) is 16.2. The molecule has 0 radical (unpaired) electrons. The van der Waals surface area contributed by atoms with Gasteiger partial charge in [-0.1, -0.05) is 13.0 Å². The van der Waals surface area contributed by atoms with Gasteiger partial charge in [0.25, 0.3) is 10.2 Å². The first kappa shape index (κ1) is 17.3. The van der Waals surface area contributed by atoms with Crippen LogP contribution in [0.2, 0.25) is 0 Å². The van der Waals surface area contributed by atoms with E-state index in [9.17, 15) is 8.42 Å². The van der Waals surface area contributed by atoms with E-state index in [4.69, 9.17) is 0 Å². The van der Waals surface area contributed by atoms with Gasteiger partial charge in [0, 0.05) is 38.9 Å². The Morgan fingerprint density at radius 2 is 2.23 bits per heavy atom. The van der Waals surface area contributed by atoms with Crippen molar-refractivity contribution >= 4 is 10.2 Å². The minimum absolute atomic E-state index is 0.366. The maximum Gasteiger partial charge on any atom is 0.279 e. The molecule has 2 rings (SSSR count). The molecule has 0 spiro atoms. The van der Waals surface area contributed by atoms with E-state index < -0.39 is 10.2 Å². The second-order valence-electron chi connectivity index (χ2n) is 5.93. The Morgan fingerprint density at radius 3 is 2.91 bits per heavy atom. The van der Waals surface area contributed by atoms with Gasteiger partial charge in [-0.15, -0.1) is 0 Å². The van der Waals surface area contributed by atoms with E-state index in [-0.39, 0.29) is 0 Å². The number of hydrogen-bond donors (Lipinski definition) is 1. The number of pyridine rings is 1. The van der Waals surface area contributed by atoms with Crippen molar-refractivity contribution in [2.75, 3.05) is 33.2 Å². The van der Waals surface area contributed by atoms with Crippen LogP contribution in [0.4, 0.5) is 0 Å². The summed E-state index contributed by atoms with van der Waals surface area (Å²) in [5.41, 5.74) is 2.11. The molecule has 6 nitrogen and oxygen atoms in total. The van der Waals surface area contributed by atoms with Crippen LogP contribution < -0.4 is 4.72 Å². The maximum atomic E-state index is 11.9. The van der Waals surface area contributed by atoms with Gasteiger partial charge in [0.2, 0.25) is 0 Å². The van der Waals surface area contributed by atoms with Crippen LogP contribution in [0.1, 0.15) is 24.7 Å². The number of nitrogens with zero attached hydrogens (tertiary/aromatic N) is 3. The Morgan fingerprint density at radius 1 is 1.45 bits per heavy atom. The van der Waals surface area contributed by atoms with Crippen LogP contribution in [0.5, 0.6) is 0 Å². The zero-order valence-corrected chi connectivity index (χ0v) is 14.4. The molecule has 1 saturated heterocycles. The predicted octanol–water partition coefficient (Wildman–Crippen LogP) is 0.998. The molecule has 7 heteroatoms. The first-order valence-corrected chi connectivity index (χ1v) is 9.20. The van der Waals surface area contributed by atoms with Crippen LogP contribution in [0.15, 0.2) is 18.2 Å². The van der Waals surface area contributed by atoms with E-state index in [1.165, 1.54) is 4.31 Å². The summed E-state index contributed by atoms with van der Waals surface area (Å²) in [6.45, 7) is 7.54. The van der Waals surface area contributed by atoms with Gasteiger partial charge in [0.05, 0.1) is 5.69 Å². The third-order valence-corrected chi connectivity index (χ3v) is 5.72. The van der Waals surface area contributed by atoms with Crippen molar-refractivity contribution in [2.24, 2.45) is 5.92 Å². The summed E-state index contributed by atoms with van der Waals surface area (Å²) in [7, 11) is -1.74. The van der Waals surface area contributed by atoms with Gasteiger partial charge < -0.3 is 0 Å². The quantitative estimate of drug-likeness (QED) is 0.812. The maximum absolute atomic E-state index is 11.9. The number of aryl methyl sites for hydroxylation is 1. The molecule has 2 heterocycles. The van der Waals surface area contributed by atoms with Crippen molar-refractivity contribution in [3.63, 3.8) is 0 Å². The molecule has 22 heavy (non-hydrogen) atoms. The number of likely N-dealkylation sites (tertiary alicyclic amines) is 1. The van der Waals surface area contributed by atoms with E-state index in [1.807, 2.05) is 32.0 Å². The normalized spacial score (nSPS) is 19.9. The lowest BCUT2D eigenvalue weighted by Gasteiger charge is -2.18. The van der Waals surface area contributed by atoms with Gasteiger partial charge >= 0.3 is 0 Å². The SMILES string of the molecule is CCN(C)S(=O)(=O)NCC1CCN(Cc2cccc(C)n2)C1. The van der Waals surface area contributed by atoms with Gasteiger partial charge in [-0.25, -0.2) is 4.72 Å². The third-order valence-electron chi connectivity index (χ3n) is 4.11. The smallest absolute Gasteiger partial charge is 0.279 e. The van der Waals surface area contributed by atoms with E-state index in [0.29, 0.717) is 19.0 Å². The number of nitrogens with one attached hydrogen (secondary N) is 1. The predicted molar refractivity (Wildman–Crippen MR) is 87.6 cm³/mol. The molecule has 0 amide bonds. The number of aromatic nitrogens is 1. The fourth-order valence-corrected chi connectivity index (χ4v) is 3.65. The molecule has 1 aromatic heterocycles. The molecular formula is C15H26N4O2S. The summed E-state index contributed by atoms with van der Waals surface area (Å²) >= 11 is 0. The van der Waals surface area contributed by atoms with Gasteiger partial charge in [-0.05, 0) is 37.9 Å². The van der Waals surface area contributed by atoms with Gasteiger partial charge in [-0.2, -0.15) is 12.7 Å². The van der Waals surface area contributed by atoms with Gasteiger partial charge in [0.1, 0.15) is 0 Å². The number of hydrogen-bond acceptors (Lipinski definition) is 4. The summed E-state index contributed by atoms with van der Waals surface area (Å²) in [5.74, 6) is 0.366. The van der Waals surface area contributed by atoms with Crippen LogP contribution in [-0.4, -0.2) is 55.8 Å². The Balaban J connectivity index is 1.81. The lowest BCUT2D eigenvalue weighted by molar-refractivity contribution is 0.312. The summed E-state index contributed by atoms with van der Waals surface area (Å²) in [4.78, 5) is 6.86. The summed E-state index contributed by atoms with van der Waals surface area (Å²) in [5, 5.41) is 0. The molecule has 1 atom stereocenters. The second-order valence-corrected chi connectivity index (χ2v) is 7.79. The van der Waals surface area contributed by atoms with Crippen molar-refractivity contribution in [3.05, 3.63) is 29.6 Å². The molecule has 0 bridgehead atoms. The lowest BCUT2D eigenvalue weighted by atomic mass is 10.1. The van der Waals surface area contributed by atoms with Crippen LogP contribution >= 0.6 is 0 Å². The van der Waals surface area contributed by atoms with Crippen LogP contribution in [0.25, 0.3) is 0 Å². The summed E-state index contributed by atoms with van der Waals surface area (Å²) < 4.78 is 27.9. The highest BCUT2D eigenvalue weighted by atomic mass is 32.2. The Hall–Kier alpha value is -1.02. The highest BCUT2D eigenvalue weighted by Crippen LogP contribution is 2.18. The fourth-order valence-electron chi connectivity index (χ4n) is 2.64. The van der Waals surface area contributed by atoms with E-state index in [1.54, 1.807) is 7.05 Å². The van der Waals surface area contributed by atoms with Crippen molar-refractivity contribution < 1.29 is 8.42 Å². The van der Waals surface area contributed by atoms with Crippen molar-refractivity contribution in [1.82, 2.24) is 18.9 Å². The Bertz CT molecular complexity index is 591. The molecule has 0 aliphatic carbocycles. The molecule has 0 saturated carbocycles. The second kappa shape index (κ2) is 7.50. The van der Waals surface area contributed by atoms with E-state index >= 15 is 0 Å². The first-order chi connectivity index (χ1) is 10.4. The molecule has 1 aromatic rings. The highest BCUT2D eigenvalue weighted by molar-refractivity contribution is 7.87. The molecule has 1 fully saturated rings. The average Bonchev–Trinajstić information content (AvgIpc) is 2.92. The van der Waals surface area contributed by atoms with E-state index in [2.05, 4.69) is 14.6 Å². The molecule has 1 aliphatic heterocycles. The minimum atomic E-state index is -3.33. The molecule has 0 aromatic carbocycles. The minimum Gasteiger partial charge on any atom is -0.297 e.